The van der Waals surface area contributed by atoms with Gasteiger partial charge in [-0.2, -0.15) is 0 Å². The number of hydrogen-bond acceptors (Lipinski definition) is 5. The minimum atomic E-state index is -1.12. The molecule has 0 aliphatic heterocycles. The Hall–Kier alpha value is -2.63. The lowest BCUT2D eigenvalue weighted by molar-refractivity contribution is 0.0689. The molecule has 2 aromatic rings. The summed E-state index contributed by atoms with van der Waals surface area (Å²) < 4.78 is 10.4. The Morgan fingerprint density at radius 2 is 1.95 bits per heavy atom. The summed E-state index contributed by atoms with van der Waals surface area (Å²) >= 11 is 0. The third-order valence-corrected chi connectivity index (χ3v) is 2.39. The van der Waals surface area contributed by atoms with Crippen molar-refractivity contribution in [3.05, 3.63) is 47.9 Å². The van der Waals surface area contributed by atoms with Crippen molar-refractivity contribution in [3.63, 3.8) is 0 Å². The number of aromatic carboxylic acids is 1. The van der Waals surface area contributed by atoms with E-state index in [-0.39, 0.29) is 11.6 Å². The largest absolute Gasteiger partial charge is 0.497 e. The minimum absolute atomic E-state index is 0.114. The average molecular weight is 260 g/mol. The van der Waals surface area contributed by atoms with E-state index in [1.54, 1.807) is 7.11 Å². The van der Waals surface area contributed by atoms with Crippen molar-refractivity contribution in [1.82, 2.24) is 9.97 Å². The van der Waals surface area contributed by atoms with Crippen molar-refractivity contribution in [1.29, 1.82) is 0 Å². The molecule has 0 bridgehead atoms. The van der Waals surface area contributed by atoms with Crippen LogP contribution in [0.5, 0.6) is 11.6 Å². The Labute approximate surface area is 109 Å². The van der Waals surface area contributed by atoms with Gasteiger partial charge in [0.2, 0.25) is 5.88 Å². The summed E-state index contributed by atoms with van der Waals surface area (Å²) in [5.74, 6) is -0.0654. The van der Waals surface area contributed by atoms with Crippen LogP contribution in [0.1, 0.15) is 16.1 Å². The smallest absolute Gasteiger partial charge is 0.356 e. The van der Waals surface area contributed by atoms with Crippen LogP contribution in [0.25, 0.3) is 0 Å². The van der Waals surface area contributed by atoms with Gasteiger partial charge in [-0.1, -0.05) is 12.1 Å². The molecule has 1 heterocycles. The van der Waals surface area contributed by atoms with Crippen molar-refractivity contribution in [2.75, 3.05) is 7.11 Å². The van der Waals surface area contributed by atoms with Gasteiger partial charge in [0.1, 0.15) is 12.4 Å². The van der Waals surface area contributed by atoms with Crippen molar-refractivity contribution >= 4 is 5.97 Å². The van der Waals surface area contributed by atoms with Crippen LogP contribution in [0.3, 0.4) is 0 Å². The molecule has 0 spiro atoms. The van der Waals surface area contributed by atoms with E-state index in [0.717, 1.165) is 17.5 Å². The van der Waals surface area contributed by atoms with Crippen LogP contribution in [0.15, 0.2) is 36.7 Å². The van der Waals surface area contributed by atoms with E-state index in [1.165, 1.54) is 6.20 Å². The average Bonchev–Trinajstić information content (AvgIpc) is 2.46. The number of nitrogens with zero attached hydrogens (tertiary/aromatic N) is 2. The highest BCUT2D eigenvalue weighted by molar-refractivity contribution is 5.84. The van der Waals surface area contributed by atoms with Crippen molar-refractivity contribution in [3.8, 4) is 11.6 Å². The Morgan fingerprint density at radius 3 is 2.47 bits per heavy atom. The molecule has 1 aromatic heterocycles. The number of carboxylic acids is 1. The van der Waals surface area contributed by atoms with E-state index in [9.17, 15) is 4.79 Å². The molecular formula is C13H12N2O4. The lowest BCUT2D eigenvalue weighted by atomic mass is 10.2. The van der Waals surface area contributed by atoms with Crippen LogP contribution in [0, 0.1) is 0 Å². The van der Waals surface area contributed by atoms with E-state index < -0.39 is 5.97 Å². The molecule has 98 valence electrons. The highest BCUT2D eigenvalue weighted by Crippen LogP contribution is 2.13. The van der Waals surface area contributed by atoms with E-state index in [1.807, 2.05) is 24.3 Å². The molecule has 2 rings (SSSR count). The summed E-state index contributed by atoms with van der Waals surface area (Å²) in [6.45, 7) is 0.324. The van der Waals surface area contributed by atoms with E-state index in [2.05, 4.69) is 9.97 Å². The second-order valence-electron chi connectivity index (χ2n) is 3.68. The van der Waals surface area contributed by atoms with Gasteiger partial charge in [-0.15, -0.1) is 0 Å². The van der Waals surface area contributed by atoms with Crippen molar-refractivity contribution in [2.24, 2.45) is 0 Å². The number of carboxylic acid groups (broad SMARTS) is 1. The lowest BCUT2D eigenvalue weighted by Gasteiger charge is -2.06. The molecule has 0 saturated carbocycles. The molecular weight excluding hydrogens is 248 g/mol. The fourth-order valence-corrected chi connectivity index (χ4v) is 1.38. The fraction of sp³-hybridized carbons (Fsp3) is 0.154. The summed E-state index contributed by atoms with van der Waals surface area (Å²) in [5, 5.41) is 8.68. The normalized spacial score (nSPS) is 9.95. The fourth-order valence-electron chi connectivity index (χ4n) is 1.38. The minimum Gasteiger partial charge on any atom is -0.497 e. The molecule has 0 aliphatic carbocycles. The number of methoxy groups -OCH3 is 1. The van der Waals surface area contributed by atoms with Gasteiger partial charge in [0.05, 0.1) is 19.5 Å². The molecule has 19 heavy (non-hydrogen) atoms. The Kier molecular flexibility index (Phi) is 3.92. The number of hydrogen-bond donors (Lipinski definition) is 1. The first kappa shape index (κ1) is 12.8. The first-order chi connectivity index (χ1) is 9.19. The second-order valence-corrected chi connectivity index (χ2v) is 3.68. The van der Waals surface area contributed by atoms with Crippen LogP contribution in [-0.4, -0.2) is 28.2 Å². The second kappa shape index (κ2) is 5.81. The van der Waals surface area contributed by atoms with Crippen LogP contribution >= 0.6 is 0 Å². The molecule has 0 saturated heterocycles. The lowest BCUT2D eigenvalue weighted by Crippen LogP contribution is -2.03. The summed E-state index contributed by atoms with van der Waals surface area (Å²) in [5.41, 5.74) is 0.835. The molecule has 0 radical (unpaired) electrons. The molecule has 1 aromatic carbocycles. The first-order valence-electron chi connectivity index (χ1n) is 5.50. The highest BCUT2D eigenvalue weighted by Gasteiger charge is 2.05. The molecule has 6 nitrogen and oxygen atoms in total. The maximum absolute atomic E-state index is 10.6. The van der Waals surface area contributed by atoms with Gasteiger partial charge in [0.15, 0.2) is 5.69 Å². The third kappa shape index (κ3) is 3.41. The van der Waals surface area contributed by atoms with Gasteiger partial charge in [-0.25, -0.2) is 14.8 Å². The molecule has 0 unspecified atom stereocenters. The number of carbonyl (C=O) groups is 1. The Morgan fingerprint density at radius 1 is 1.21 bits per heavy atom. The summed E-state index contributed by atoms with van der Waals surface area (Å²) in [6.07, 6.45) is 2.44. The summed E-state index contributed by atoms with van der Waals surface area (Å²) in [4.78, 5) is 18.2. The zero-order valence-electron chi connectivity index (χ0n) is 10.2. The summed E-state index contributed by atoms with van der Waals surface area (Å²) in [7, 11) is 1.60. The van der Waals surface area contributed by atoms with Crippen molar-refractivity contribution in [2.45, 2.75) is 6.61 Å². The SMILES string of the molecule is COc1ccc(COc2cnc(C(=O)O)cn2)cc1. The highest BCUT2D eigenvalue weighted by atomic mass is 16.5. The zero-order chi connectivity index (χ0) is 13.7. The van der Waals surface area contributed by atoms with E-state index in [4.69, 9.17) is 14.6 Å². The molecule has 6 heteroatoms. The molecule has 0 fully saturated rings. The van der Waals surface area contributed by atoms with Gasteiger partial charge in [0, 0.05) is 0 Å². The monoisotopic (exact) mass is 260 g/mol. The van der Waals surface area contributed by atoms with Gasteiger partial charge < -0.3 is 14.6 Å². The van der Waals surface area contributed by atoms with Gasteiger partial charge >= 0.3 is 5.97 Å². The van der Waals surface area contributed by atoms with Crippen LogP contribution < -0.4 is 9.47 Å². The Balaban J connectivity index is 1.95. The van der Waals surface area contributed by atoms with Crippen molar-refractivity contribution < 1.29 is 19.4 Å². The number of rotatable bonds is 5. The topological polar surface area (TPSA) is 81.5 Å². The predicted octanol–water partition coefficient (Wildman–Crippen LogP) is 1.76. The van der Waals surface area contributed by atoms with Crippen LogP contribution in [0.4, 0.5) is 0 Å². The predicted molar refractivity (Wildman–Crippen MR) is 66.3 cm³/mol. The maximum Gasteiger partial charge on any atom is 0.356 e. The first-order valence-corrected chi connectivity index (χ1v) is 5.50. The van der Waals surface area contributed by atoms with Gasteiger partial charge in [0.25, 0.3) is 0 Å². The van der Waals surface area contributed by atoms with E-state index in [0.29, 0.717) is 6.61 Å². The number of aromatic nitrogens is 2. The van der Waals surface area contributed by atoms with Crippen LogP contribution in [-0.2, 0) is 6.61 Å². The molecule has 0 amide bonds. The van der Waals surface area contributed by atoms with E-state index >= 15 is 0 Å². The molecule has 0 atom stereocenters. The zero-order valence-corrected chi connectivity index (χ0v) is 10.2. The number of ether oxygens (including phenoxy) is 2. The molecule has 1 N–H and O–H groups in total. The quantitative estimate of drug-likeness (QED) is 0.882. The van der Waals surface area contributed by atoms with Gasteiger partial charge in [-0.3, -0.25) is 0 Å². The third-order valence-electron chi connectivity index (χ3n) is 2.39. The van der Waals surface area contributed by atoms with Gasteiger partial charge in [-0.05, 0) is 17.7 Å². The maximum atomic E-state index is 10.6. The Bertz CT molecular complexity index is 552. The molecule has 0 aliphatic rings. The standard InChI is InChI=1S/C13H12N2O4/c1-18-10-4-2-9(3-5-10)8-19-12-7-14-11(6-15-12)13(16)17/h2-7H,8H2,1H3,(H,16,17). The van der Waals surface area contributed by atoms with Crippen LogP contribution in [0.2, 0.25) is 0 Å². The summed E-state index contributed by atoms with van der Waals surface area (Å²) in [6, 6.07) is 7.41. The number of benzene rings is 1.